The van der Waals surface area contributed by atoms with Crippen LogP contribution in [0.1, 0.15) is 0 Å². The Morgan fingerprint density at radius 3 is 1.75 bits per heavy atom. The molecule has 0 radical (unpaired) electrons. The maximum Gasteiger partial charge on any atom is 0.324 e. The van der Waals surface area contributed by atoms with Crippen LogP contribution in [-0.2, 0) is 4.57 Å². The second-order valence-corrected chi connectivity index (χ2v) is 0.245. The zero-order chi connectivity index (χ0) is 2.71. The van der Waals surface area contributed by atoms with Gasteiger partial charge in [0, 0.05) is 40.8 Å². The van der Waals surface area contributed by atoms with Crippen molar-refractivity contribution >= 4 is 8.69 Å². The first-order valence-electron chi connectivity index (χ1n) is 0.383. The summed E-state index contributed by atoms with van der Waals surface area (Å²) in [6, 6.07) is 0. The van der Waals surface area contributed by atoms with Crippen LogP contribution in [0.15, 0.2) is 0 Å². The molecule has 0 aliphatic carbocycles. The average molecular weight is 208 g/mol. The van der Waals surface area contributed by atoms with Crippen LogP contribution in [0, 0.1) is 40.8 Å². The summed E-state index contributed by atoms with van der Waals surface area (Å²) in [6.45, 7) is 0. The SMILES string of the molecule is O=PO.[Nd]. The predicted molar refractivity (Wildman–Crippen MR) is 9.83 cm³/mol. The average Bonchev–Trinajstić information content (AvgIpc) is 0.918. The van der Waals surface area contributed by atoms with Crippen LogP contribution < -0.4 is 0 Å². The molecule has 0 aromatic carbocycles. The van der Waals surface area contributed by atoms with Gasteiger partial charge in [-0.3, -0.25) is 0 Å². The molecule has 0 unspecified atom stereocenters. The third kappa shape index (κ3) is 9.96. The van der Waals surface area contributed by atoms with Crippen LogP contribution in [0.25, 0.3) is 0 Å². The Hall–Kier alpha value is 1.41. The van der Waals surface area contributed by atoms with E-state index in [1.807, 2.05) is 0 Å². The van der Waals surface area contributed by atoms with E-state index in [0.717, 1.165) is 0 Å². The van der Waals surface area contributed by atoms with E-state index < -0.39 is 8.69 Å². The molecule has 0 heterocycles. The molecule has 4 heteroatoms. The molecule has 0 aliphatic rings. The van der Waals surface area contributed by atoms with E-state index in [4.69, 9.17) is 9.46 Å². The molecule has 0 aromatic heterocycles. The summed E-state index contributed by atoms with van der Waals surface area (Å²) in [4.78, 5) is 6.99. The van der Waals surface area contributed by atoms with Gasteiger partial charge in [0.15, 0.2) is 0 Å². The van der Waals surface area contributed by atoms with Crippen molar-refractivity contribution < 1.29 is 50.3 Å². The Labute approximate surface area is 58.4 Å². The van der Waals surface area contributed by atoms with Gasteiger partial charge in [0.25, 0.3) is 0 Å². The van der Waals surface area contributed by atoms with Gasteiger partial charge in [-0.2, -0.15) is 0 Å². The number of rotatable bonds is 0. The second-order valence-electron chi connectivity index (χ2n) is 0.0816. The second kappa shape index (κ2) is 8.83. The van der Waals surface area contributed by atoms with Gasteiger partial charge in [0.1, 0.15) is 0 Å². The molecule has 0 saturated heterocycles. The smallest absolute Gasteiger partial charge is 0.310 e. The van der Waals surface area contributed by atoms with E-state index in [0.29, 0.717) is 0 Å². The van der Waals surface area contributed by atoms with Gasteiger partial charge in [-0.1, -0.05) is 0 Å². The summed E-state index contributed by atoms with van der Waals surface area (Å²) in [6.07, 6.45) is 0. The number of hydrogen-bond acceptors (Lipinski definition) is 1. The van der Waals surface area contributed by atoms with E-state index >= 15 is 0 Å². The summed E-state index contributed by atoms with van der Waals surface area (Å²) < 4.78 is 8.46. The van der Waals surface area contributed by atoms with Crippen molar-refractivity contribution in [2.75, 3.05) is 0 Å². The molecule has 1 N–H and O–H groups in total. The van der Waals surface area contributed by atoms with Gasteiger partial charge in [0.05, 0.1) is 0 Å². The predicted octanol–water partition coefficient (Wildman–Crippen LogP) is 0.185. The monoisotopic (exact) mass is 206 g/mol. The minimum atomic E-state index is -0.833. The minimum Gasteiger partial charge on any atom is -0.310 e. The molecule has 4 heavy (non-hydrogen) atoms. The third-order valence-corrected chi connectivity index (χ3v) is 0. The van der Waals surface area contributed by atoms with Crippen LogP contribution in [0.2, 0.25) is 0 Å². The summed E-state index contributed by atoms with van der Waals surface area (Å²) in [5, 5.41) is 0. The zero-order valence-electron chi connectivity index (χ0n) is 1.80. The van der Waals surface area contributed by atoms with Crippen molar-refractivity contribution in [1.82, 2.24) is 0 Å². The fraction of sp³-hybridized carbons (Fsp3) is 0. The standard InChI is InChI=1S/Nd.HO2P/c;1-3-2/h;(H,1,2). The van der Waals surface area contributed by atoms with Gasteiger partial charge in [-0.15, -0.1) is 0 Å². The van der Waals surface area contributed by atoms with Crippen LogP contribution in [0.3, 0.4) is 0 Å². The molecule has 0 saturated carbocycles. The molecule has 2 nitrogen and oxygen atoms in total. The van der Waals surface area contributed by atoms with E-state index in [1.54, 1.807) is 0 Å². The molecule has 0 aromatic rings. The number of hydrogen-bond donors (Lipinski definition) is 1. The Morgan fingerprint density at radius 1 is 1.75 bits per heavy atom. The van der Waals surface area contributed by atoms with Crippen LogP contribution >= 0.6 is 8.69 Å². The summed E-state index contributed by atoms with van der Waals surface area (Å²) in [5.41, 5.74) is 0. The van der Waals surface area contributed by atoms with Crippen molar-refractivity contribution in [2.24, 2.45) is 0 Å². The Morgan fingerprint density at radius 2 is 1.75 bits per heavy atom. The molecule has 0 fully saturated rings. The maximum atomic E-state index is 8.46. The Balaban J connectivity index is 0. The van der Waals surface area contributed by atoms with Gasteiger partial charge < -0.3 is 4.89 Å². The molecule has 0 rings (SSSR count). The Bertz CT molecular complexity index is 13.5. The van der Waals surface area contributed by atoms with E-state index in [9.17, 15) is 0 Å². The van der Waals surface area contributed by atoms with Crippen molar-refractivity contribution in [1.29, 1.82) is 0 Å². The van der Waals surface area contributed by atoms with Gasteiger partial charge in [-0.25, -0.2) is 4.57 Å². The summed E-state index contributed by atoms with van der Waals surface area (Å²) in [5.74, 6) is 0. The van der Waals surface area contributed by atoms with Gasteiger partial charge in [0.2, 0.25) is 0 Å². The molecular weight excluding hydrogens is 207 g/mol. The quantitative estimate of drug-likeness (QED) is 0.577. The fourth-order valence-corrected chi connectivity index (χ4v) is 0. The van der Waals surface area contributed by atoms with Crippen LogP contribution in [0.4, 0.5) is 0 Å². The fourth-order valence-electron chi connectivity index (χ4n) is 0. The maximum absolute atomic E-state index is 8.46. The Kier molecular flexibility index (Phi) is 20.0. The van der Waals surface area contributed by atoms with Gasteiger partial charge >= 0.3 is 8.69 Å². The van der Waals surface area contributed by atoms with Crippen LogP contribution in [-0.4, -0.2) is 4.89 Å². The van der Waals surface area contributed by atoms with Crippen molar-refractivity contribution in [3.8, 4) is 0 Å². The van der Waals surface area contributed by atoms with Gasteiger partial charge in [-0.05, 0) is 0 Å². The largest absolute Gasteiger partial charge is 0.324 e. The van der Waals surface area contributed by atoms with Crippen LogP contribution in [0.5, 0.6) is 0 Å². The summed E-state index contributed by atoms with van der Waals surface area (Å²) in [7, 11) is -0.833. The molecule has 0 bridgehead atoms. The first kappa shape index (κ1) is 9.05. The first-order valence-corrected chi connectivity index (χ1v) is 1.15. The van der Waals surface area contributed by atoms with Crippen molar-refractivity contribution in [3.63, 3.8) is 0 Å². The van der Waals surface area contributed by atoms with E-state index in [-0.39, 0.29) is 40.8 Å². The molecular formula is HNdO2P. The molecule has 0 amide bonds. The topological polar surface area (TPSA) is 37.3 Å². The van der Waals surface area contributed by atoms with E-state index in [2.05, 4.69) is 0 Å². The first-order chi connectivity index (χ1) is 1.41. The molecule has 22 valence electrons. The molecule has 0 aliphatic heterocycles. The normalized spacial score (nSPS) is 5.25. The van der Waals surface area contributed by atoms with Crippen molar-refractivity contribution in [3.05, 3.63) is 0 Å². The molecule has 0 atom stereocenters. The summed E-state index contributed by atoms with van der Waals surface area (Å²) >= 11 is 0. The minimum absolute atomic E-state index is 0. The van der Waals surface area contributed by atoms with Crippen molar-refractivity contribution in [2.45, 2.75) is 0 Å². The third-order valence-electron chi connectivity index (χ3n) is 0. The zero-order valence-corrected chi connectivity index (χ0v) is 5.91. The molecule has 0 spiro atoms. The van der Waals surface area contributed by atoms with E-state index in [1.165, 1.54) is 0 Å².